The number of sulfone groups is 1. The number of ether oxygens (including phenoxy) is 4. The minimum Gasteiger partial charge on any atom is -0.494 e. The highest BCUT2D eigenvalue weighted by atomic mass is 35.5. The van der Waals surface area contributed by atoms with Gasteiger partial charge in [0.15, 0.2) is 5.75 Å². The first-order valence-electron chi connectivity index (χ1n) is 19.0. The van der Waals surface area contributed by atoms with E-state index in [0.717, 1.165) is 47.9 Å². The van der Waals surface area contributed by atoms with Crippen molar-refractivity contribution in [3.05, 3.63) is 86.9 Å². The third-order valence-electron chi connectivity index (χ3n) is 9.33. The number of carbonyl (C=O) groups is 2. The van der Waals surface area contributed by atoms with E-state index in [1.807, 2.05) is 69.0 Å². The van der Waals surface area contributed by atoms with Gasteiger partial charge in [0, 0.05) is 44.6 Å². The number of nitrogens with zero attached hydrogens (tertiary/aromatic N) is 2. The zero-order chi connectivity index (χ0) is 41.0. The van der Waals surface area contributed by atoms with Crippen LogP contribution in [-0.4, -0.2) is 99.0 Å². The molecule has 0 radical (unpaired) electrons. The number of carbonyl (C=O) groups excluding carboxylic acids is 1. The van der Waals surface area contributed by atoms with E-state index in [1.54, 1.807) is 19.2 Å². The normalized spacial score (nSPS) is 13.6. The van der Waals surface area contributed by atoms with E-state index in [-0.39, 0.29) is 44.1 Å². The van der Waals surface area contributed by atoms with Gasteiger partial charge in [0.05, 0.1) is 28.3 Å². The van der Waals surface area contributed by atoms with Gasteiger partial charge >= 0.3 is 6.09 Å². The van der Waals surface area contributed by atoms with Crippen molar-refractivity contribution in [3.8, 4) is 17.2 Å². The SMILES string of the molecule is COCCCc1cc(CN(C(=O)C(Cc2ccc(OCCOc3c(Cl)cc(C)cc3Cl)cc2)CN(C(=O)O)C(C)(C)C)C2CC2)cc(OCCCS(C)(=O)=O)c1. The summed E-state index contributed by atoms with van der Waals surface area (Å²) in [6.45, 7) is 9.03. The predicted molar refractivity (Wildman–Crippen MR) is 220 cm³/mol. The largest absolute Gasteiger partial charge is 0.494 e. The Hall–Kier alpha value is -3.71. The molecule has 1 unspecified atom stereocenters. The second-order valence-corrected chi connectivity index (χ2v) is 18.5. The number of halogens is 2. The van der Waals surface area contributed by atoms with Crippen LogP contribution < -0.4 is 14.2 Å². The summed E-state index contributed by atoms with van der Waals surface area (Å²) in [5.74, 6) is 0.892. The van der Waals surface area contributed by atoms with Crippen LogP contribution in [-0.2, 0) is 38.8 Å². The highest BCUT2D eigenvalue weighted by Crippen LogP contribution is 2.35. The molecule has 1 aliphatic rings. The van der Waals surface area contributed by atoms with Gasteiger partial charge in [0.25, 0.3) is 0 Å². The van der Waals surface area contributed by atoms with Gasteiger partial charge in [0.1, 0.15) is 34.6 Å². The average molecular weight is 836 g/mol. The van der Waals surface area contributed by atoms with Gasteiger partial charge in [0.2, 0.25) is 5.91 Å². The first kappa shape index (κ1) is 45.0. The Morgan fingerprint density at radius 1 is 0.857 bits per heavy atom. The monoisotopic (exact) mass is 834 g/mol. The lowest BCUT2D eigenvalue weighted by atomic mass is 9.94. The molecule has 0 bridgehead atoms. The van der Waals surface area contributed by atoms with Gasteiger partial charge in [-0.3, -0.25) is 4.79 Å². The van der Waals surface area contributed by atoms with E-state index < -0.39 is 27.4 Å². The first-order chi connectivity index (χ1) is 26.4. The highest BCUT2D eigenvalue weighted by Gasteiger charge is 2.39. The molecule has 1 fully saturated rings. The maximum atomic E-state index is 14.7. The molecule has 1 atom stereocenters. The number of aryl methyl sites for hydroxylation is 2. The summed E-state index contributed by atoms with van der Waals surface area (Å²) in [5.41, 5.74) is 2.98. The Balaban J connectivity index is 1.51. The average Bonchev–Trinajstić information content (AvgIpc) is 3.95. The number of hydrogen-bond acceptors (Lipinski definition) is 8. The fourth-order valence-electron chi connectivity index (χ4n) is 6.41. The van der Waals surface area contributed by atoms with Crippen LogP contribution in [0.5, 0.6) is 17.2 Å². The molecule has 0 saturated heterocycles. The number of hydrogen-bond donors (Lipinski definition) is 1. The van der Waals surface area contributed by atoms with Gasteiger partial charge in [-0.1, -0.05) is 41.4 Å². The maximum Gasteiger partial charge on any atom is 0.407 e. The lowest BCUT2D eigenvalue weighted by Crippen LogP contribution is -2.51. The second-order valence-electron chi connectivity index (χ2n) is 15.5. The molecule has 3 aromatic carbocycles. The Bertz CT molecular complexity index is 1860. The van der Waals surface area contributed by atoms with Crippen LogP contribution in [0, 0.1) is 12.8 Å². The Morgan fingerprint density at radius 3 is 2.07 bits per heavy atom. The zero-order valence-electron chi connectivity index (χ0n) is 33.3. The van der Waals surface area contributed by atoms with Crippen LogP contribution in [0.25, 0.3) is 0 Å². The third kappa shape index (κ3) is 14.7. The molecule has 0 spiro atoms. The van der Waals surface area contributed by atoms with Crippen LogP contribution in [0.3, 0.4) is 0 Å². The van der Waals surface area contributed by atoms with Gasteiger partial charge in [-0.15, -0.1) is 0 Å². The summed E-state index contributed by atoms with van der Waals surface area (Å²) >= 11 is 12.6. The van der Waals surface area contributed by atoms with E-state index >= 15 is 0 Å². The van der Waals surface area contributed by atoms with Crippen molar-refractivity contribution in [2.75, 3.05) is 52.1 Å². The quantitative estimate of drug-likeness (QED) is 0.0994. The van der Waals surface area contributed by atoms with E-state index in [4.69, 9.17) is 42.1 Å². The van der Waals surface area contributed by atoms with Gasteiger partial charge < -0.3 is 33.9 Å². The van der Waals surface area contributed by atoms with Crippen LogP contribution in [0.1, 0.15) is 68.7 Å². The second kappa shape index (κ2) is 20.6. The molecule has 3 aromatic rings. The summed E-state index contributed by atoms with van der Waals surface area (Å²) in [4.78, 5) is 30.4. The van der Waals surface area contributed by atoms with Gasteiger partial charge in [-0.05, 0) is 125 Å². The van der Waals surface area contributed by atoms with E-state index in [1.165, 1.54) is 11.2 Å². The minimum absolute atomic E-state index is 0.0202. The summed E-state index contributed by atoms with van der Waals surface area (Å²) in [5, 5.41) is 11.1. The molecule has 1 saturated carbocycles. The molecule has 1 aliphatic carbocycles. The minimum atomic E-state index is -3.11. The lowest BCUT2D eigenvalue weighted by Gasteiger charge is -2.37. The van der Waals surface area contributed by atoms with E-state index in [2.05, 4.69) is 6.07 Å². The first-order valence-corrected chi connectivity index (χ1v) is 21.8. The van der Waals surface area contributed by atoms with Crippen LogP contribution in [0.2, 0.25) is 10.0 Å². The van der Waals surface area contributed by atoms with E-state index in [0.29, 0.717) is 53.3 Å². The molecule has 14 heteroatoms. The number of carboxylic acid groups (broad SMARTS) is 1. The Labute approximate surface area is 342 Å². The predicted octanol–water partition coefficient (Wildman–Crippen LogP) is 8.28. The van der Waals surface area contributed by atoms with E-state index in [9.17, 15) is 23.1 Å². The molecular weight excluding hydrogens is 779 g/mol. The fraction of sp³-hybridized carbons (Fsp3) is 0.524. The van der Waals surface area contributed by atoms with Crippen molar-refractivity contribution in [2.45, 2.75) is 84.3 Å². The molecule has 0 heterocycles. The molecular formula is C42H56Cl2N2O9S. The highest BCUT2D eigenvalue weighted by molar-refractivity contribution is 7.90. The summed E-state index contributed by atoms with van der Waals surface area (Å²) in [6.07, 6.45) is 4.07. The molecule has 11 nitrogen and oxygen atoms in total. The fourth-order valence-corrected chi connectivity index (χ4v) is 7.75. The molecule has 308 valence electrons. The molecule has 56 heavy (non-hydrogen) atoms. The van der Waals surface area contributed by atoms with Crippen LogP contribution in [0.15, 0.2) is 54.6 Å². The van der Waals surface area contributed by atoms with Crippen molar-refractivity contribution in [2.24, 2.45) is 5.92 Å². The van der Waals surface area contributed by atoms with Crippen molar-refractivity contribution < 1.29 is 42.1 Å². The number of rotatable bonds is 22. The molecule has 0 aliphatic heterocycles. The summed E-state index contributed by atoms with van der Waals surface area (Å²) in [7, 11) is -1.45. The van der Waals surface area contributed by atoms with Crippen LogP contribution in [0.4, 0.5) is 4.79 Å². The Kier molecular flexibility index (Phi) is 16.6. The van der Waals surface area contributed by atoms with Crippen molar-refractivity contribution >= 4 is 45.0 Å². The van der Waals surface area contributed by atoms with Crippen molar-refractivity contribution in [1.29, 1.82) is 0 Å². The van der Waals surface area contributed by atoms with Crippen molar-refractivity contribution in [3.63, 3.8) is 0 Å². The molecule has 4 rings (SSSR count). The standard InChI is InChI=1S/C42H56Cl2N2O9S/c1-29-21-37(43)39(38(44)22-29)55-19-18-54-35-14-10-30(11-15-35)24-33(28-46(41(48)49)42(2,3)4)40(47)45(34-12-13-34)27-32-23-31(9-7-16-52-5)25-36(26-32)53-17-8-20-56(6,50)51/h10-11,14-15,21-23,25-26,33-34H,7-9,12-13,16-20,24,27-28H2,1-6H3,(H,48,49). The topological polar surface area (TPSA) is 132 Å². The smallest absolute Gasteiger partial charge is 0.407 e. The molecule has 0 aromatic heterocycles. The molecule has 2 amide bonds. The zero-order valence-corrected chi connectivity index (χ0v) is 35.6. The van der Waals surface area contributed by atoms with Crippen molar-refractivity contribution in [1.82, 2.24) is 9.80 Å². The molecule has 1 N–H and O–H groups in total. The van der Waals surface area contributed by atoms with Gasteiger partial charge in [-0.25, -0.2) is 13.2 Å². The summed E-state index contributed by atoms with van der Waals surface area (Å²) < 4.78 is 46.3. The summed E-state index contributed by atoms with van der Waals surface area (Å²) in [6, 6.07) is 17.0. The van der Waals surface area contributed by atoms with Gasteiger partial charge in [-0.2, -0.15) is 0 Å². The number of amides is 2. The van der Waals surface area contributed by atoms with Crippen LogP contribution >= 0.6 is 23.2 Å². The lowest BCUT2D eigenvalue weighted by molar-refractivity contribution is -0.137. The third-order valence-corrected chi connectivity index (χ3v) is 10.9. The maximum absolute atomic E-state index is 14.7. The number of benzene rings is 3. The number of methoxy groups -OCH3 is 1. The Morgan fingerprint density at radius 2 is 1.48 bits per heavy atom.